The third-order valence-electron chi connectivity index (χ3n) is 4.17. The summed E-state index contributed by atoms with van der Waals surface area (Å²) in [4.78, 5) is 2.19. The highest BCUT2D eigenvalue weighted by molar-refractivity contribution is 6.82. The summed E-state index contributed by atoms with van der Waals surface area (Å²) < 4.78 is 8.33. The lowest BCUT2D eigenvalue weighted by molar-refractivity contribution is -0.654. The number of nitrogens with zero attached hydrogens (tertiary/aromatic N) is 2. The molecule has 0 aliphatic carbocycles. The van der Waals surface area contributed by atoms with Crippen molar-refractivity contribution in [2.75, 3.05) is 7.05 Å². The number of benzene rings is 1. The summed E-state index contributed by atoms with van der Waals surface area (Å²) in [5.74, 6) is 0. The lowest BCUT2D eigenvalue weighted by atomic mass is 9.52. The molecule has 0 saturated carbocycles. The molecule has 1 aromatic carbocycles. The molecule has 0 saturated heterocycles. The Morgan fingerprint density at radius 1 is 1.10 bits per heavy atom. The number of fused-ring (bicyclic) bond motifs is 3. The van der Waals surface area contributed by atoms with E-state index in [9.17, 15) is 0 Å². The van der Waals surface area contributed by atoms with E-state index in [1.54, 1.807) is 0 Å². The molecule has 1 aliphatic rings. The minimum Gasteiger partial charge on any atom is -0.467 e. The van der Waals surface area contributed by atoms with Crippen molar-refractivity contribution in [3.05, 3.63) is 60.4 Å². The lowest BCUT2D eigenvalue weighted by Gasteiger charge is -2.23. The second-order valence-corrected chi connectivity index (χ2v) is 5.50. The summed E-state index contributed by atoms with van der Waals surface area (Å²) in [7, 11) is 4.16. The van der Waals surface area contributed by atoms with E-state index in [0.29, 0.717) is 0 Å². The van der Waals surface area contributed by atoms with Gasteiger partial charge in [0.05, 0.1) is 0 Å². The molecule has 21 heavy (non-hydrogen) atoms. The largest absolute Gasteiger partial charge is 0.467 e. The normalized spacial score (nSPS) is 13.8. The van der Waals surface area contributed by atoms with Gasteiger partial charge in [0, 0.05) is 17.0 Å². The van der Waals surface area contributed by atoms with Gasteiger partial charge in [-0.3, -0.25) is 0 Å². The van der Waals surface area contributed by atoms with Crippen molar-refractivity contribution in [1.29, 1.82) is 0 Å². The number of hydrogen-bond acceptors (Lipinski definition) is 2. The number of furan rings is 1. The Balaban J connectivity index is 1.98. The van der Waals surface area contributed by atoms with E-state index in [-0.39, 0.29) is 6.85 Å². The molecule has 3 nitrogen and oxygen atoms in total. The first-order chi connectivity index (χ1) is 10.3. The predicted octanol–water partition coefficient (Wildman–Crippen LogP) is 1.28. The molecule has 3 aromatic rings. The second-order valence-electron chi connectivity index (χ2n) is 5.50. The maximum atomic E-state index is 6.18. The van der Waals surface area contributed by atoms with Gasteiger partial charge in [-0.05, 0) is 31.5 Å². The minimum absolute atomic E-state index is 0.101. The maximum Gasteiger partial charge on any atom is 0.443 e. The first-order valence-corrected chi connectivity index (χ1v) is 7.12. The molecular weight excluding hydrogens is 259 g/mol. The number of para-hydroxylation sites is 1. The van der Waals surface area contributed by atoms with Crippen LogP contribution in [0.15, 0.2) is 59.3 Å². The third kappa shape index (κ3) is 1.79. The van der Waals surface area contributed by atoms with Crippen LogP contribution < -0.4 is 15.8 Å². The molecule has 0 N–H and O–H groups in total. The van der Waals surface area contributed by atoms with Gasteiger partial charge in [-0.25, -0.2) is 4.57 Å². The molecule has 0 unspecified atom stereocenters. The quantitative estimate of drug-likeness (QED) is 0.492. The summed E-state index contributed by atoms with van der Waals surface area (Å²) in [5, 5.41) is 1.18. The summed E-state index contributed by atoms with van der Waals surface area (Å²) in [6, 6.07) is 14.5. The van der Waals surface area contributed by atoms with Crippen LogP contribution in [0.3, 0.4) is 0 Å². The number of aryl methyl sites for hydroxylation is 1. The molecule has 4 heteroatoms. The van der Waals surface area contributed by atoms with Crippen molar-refractivity contribution in [3.8, 4) is 0 Å². The fourth-order valence-electron chi connectivity index (χ4n) is 3.09. The van der Waals surface area contributed by atoms with Crippen LogP contribution in [0.2, 0.25) is 0 Å². The number of pyridine rings is 1. The molecule has 0 bridgehead atoms. The highest BCUT2D eigenvalue weighted by Gasteiger charge is 2.39. The zero-order valence-electron chi connectivity index (χ0n) is 12.2. The van der Waals surface area contributed by atoms with E-state index in [1.165, 1.54) is 16.5 Å². The molecule has 102 valence electrons. The van der Waals surface area contributed by atoms with E-state index in [4.69, 9.17) is 4.42 Å². The molecule has 0 radical (unpaired) electrons. The Morgan fingerprint density at radius 2 is 1.90 bits per heavy atom. The molecule has 0 amide bonds. The average Bonchev–Trinajstić information content (AvgIpc) is 2.87. The zero-order chi connectivity index (χ0) is 14.4. The standard InChI is InChI=1S/C17H16BN2O/c1-19-11-6-5-9-16(19)18-17-14(10-12-20(18)2)13-7-3-4-8-15(13)21-17/h3-12H,1-2H3/q+1. The monoisotopic (exact) mass is 275 g/mol. The Morgan fingerprint density at radius 3 is 2.76 bits per heavy atom. The summed E-state index contributed by atoms with van der Waals surface area (Å²) in [6.07, 6.45) is 6.34. The van der Waals surface area contributed by atoms with Crippen LogP contribution in [0.25, 0.3) is 17.0 Å². The SMILES string of the molecule is CN1C=Cc2c(oc3ccccc23)B1c1cccc[n+]1C. The van der Waals surface area contributed by atoms with Crippen LogP contribution in [0, 0.1) is 0 Å². The van der Waals surface area contributed by atoms with Crippen LogP contribution in [-0.4, -0.2) is 18.7 Å². The van der Waals surface area contributed by atoms with Crippen LogP contribution in [-0.2, 0) is 7.05 Å². The van der Waals surface area contributed by atoms with Gasteiger partial charge in [0.1, 0.15) is 18.3 Å². The molecule has 0 atom stereocenters. The van der Waals surface area contributed by atoms with Gasteiger partial charge in [-0.15, -0.1) is 0 Å². The van der Waals surface area contributed by atoms with Crippen LogP contribution >= 0.6 is 0 Å². The van der Waals surface area contributed by atoms with E-state index in [1.807, 2.05) is 18.2 Å². The summed E-state index contributed by atoms with van der Waals surface area (Å²) in [6.45, 7) is 0.101. The van der Waals surface area contributed by atoms with Crippen molar-refractivity contribution in [3.63, 3.8) is 0 Å². The number of aromatic nitrogens is 1. The van der Waals surface area contributed by atoms with Gasteiger partial charge in [0.25, 0.3) is 0 Å². The van der Waals surface area contributed by atoms with Gasteiger partial charge in [-0.2, -0.15) is 0 Å². The first-order valence-electron chi connectivity index (χ1n) is 7.12. The van der Waals surface area contributed by atoms with Crippen molar-refractivity contribution in [2.24, 2.45) is 7.05 Å². The van der Waals surface area contributed by atoms with E-state index in [2.05, 4.69) is 66.2 Å². The average molecular weight is 275 g/mol. The van der Waals surface area contributed by atoms with Crippen LogP contribution in [0.1, 0.15) is 5.56 Å². The van der Waals surface area contributed by atoms with E-state index < -0.39 is 0 Å². The van der Waals surface area contributed by atoms with Crippen LogP contribution in [0.4, 0.5) is 0 Å². The van der Waals surface area contributed by atoms with Crippen molar-refractivity contribution in [1.82, 2.24) is 4.81 Å². The maximum absolute atomic E-state index is 6.18. The number of hydrogen-bond donors (Lipinski definition) is 0. The van der Waals surface area contributed by atoms with Gasteiger partial charge in [0.2, 0.25) is 0 Å². The Hall–Kier alpha value is -2.49. The highest BCUT2D eigenvalue weighted by Crippen LogP contribution is 2.23. The van der Waals surface area contributed by atoms with Gasteiger partial charge < -0.3 is 9.23 Å². The molecular formula is C17H16BN2O+. The van der Waals surface area contributed by atoms with Crippen molar-refractivity contribution in [2.45, 2.75) is 0 Å². The predicted molar refractivity (Wildman–Crippen MR) is 85.7 cm³/mol. The smallest absolute Gasteiger partial charge is 0.443 e. The fourth-order valence-corrected chi connectivity index (χ4v) is 3.09. The Labute approximate surface area is 124 Å². The molecule has 4 rings (SSSR count). The van der Waals surface area contributed by atoms with E-state index >= 15 is 0 Å². The highest BCUT2D eigenvalue weighted by atomic mass is 16.3. The summed E-state index contributed by atoms with van der Waals surface area (Å²) in [5.41, 5.74) is 4.37. The van der Waals surface area contributed by atoms with Crippen molar-refractivity contribution < 1.29 is 8.98 Å². The van der Waals surface area contributed by atoms with Crippen molar-refractivity contribution >= 4 is 35.1 Å². The first kappa shape index (κ1) is 12.3. The molecule has 2 aromatic heterocycles. The van der Waals surface area contributed by atoms with Gasteiger partial charge in [-0.1, -0.05) is 24.3 Å². The number of rotatable bonds is 1. The second kappa shape index (κ2) is 4.52. The fraction of sp³-hybridized carbons (Fsp3) is 0.118. The molecule has 1 aliphatic heterocycles. The van der Waals surface area contributed by atoms with Gasteiger partial charge >= 0.3 is 6.85 Å². The lowest BCUT2D eigenvalue weighted by Crippen LogP contribution is -2.65. The topological polar surface area (TPSA) is 20.3 Å². The third-order valence-corrected chi connectivity index (χ3v) is 4.17. The molecule has 0 spiro atoms. The minimum atomic E-state index is 0.101. The van der Waals surface area contributed by atoms with E-state index in [0.717, 1.165) is 11.2 Å². The molecule has 0 fully saturated rings. The van der Waals surface area contributed by atoms with Gasteiger partial charge in [0.15, 0.2) is 11.8 Å². The Kier molecular flexibility index (Phi) is 2.64. The van der Waals surface area contributed by atoms with Crippen LogP contribution in [0.5, 0.6) is 0 Å². The Bertz CT molecular complexity index is 853. The zero-order valence-corrected chi connectivity index (χ0v) is 12.2. The summed E-state index contributed by atoms with van der Waals surface area (Å²) >= 11 is 0. The molecule has 3 heterocycles.